The lowest BCUT2D eigenvalue weighted by Gasteiger charge is -2.13. The fraction of sp³-hybridized carbons (Fsp3) is 0.118. The molecule has 1 atom stereocenters. The van der Waals surface area contributed by atoms with E-state index in [1.807, 2.05) is 55.5 Å². The number of nitrogens with one attached hydrogen (secondary N) is 1. The Morgan fingerprint density at radius 3 is 2.71 bits per heavy atom. The minimum absolute atomic E-state index is 0.147. The Bertz CT molecular complexity index is 771. The van der Waals surface area contributed by atoms with Crippen LogP contribution in [0.1, 0.15) is 29.0 Å². The van der Waals surface area contributed by atoms with Gasteiger partial charge in [0.2, 0.25) is 0 Å². The van der Waals surface area contributed by atoms with Crippen LogP contribution < -0.4 is 5.32 Å². The largest absolute Gasteiger partial charge is 0.344 e. The minimum atomic E-state index is -0.148. The summed E-state index contributed by atoms with van der Waals surface area (Å²) in [5, 5.41) is 3.89. The summed E-state index contributed by atoms with van der Waals surface area (Å²) in [6.45, 7) is 1.91. The first-order valence-corrected chi connectivity index (χ1v) is 6.80. The number of amides is 1. The lowest BCUT2D eigenvalue weighted by Crippen LogP contribution is -2.27. The third-order valence-corrected chi connectivity index (χ3v) is 3.33. The third-order valence-electron chi connectivity index (χ3n) is 3.33. The SMILES string of the molecule is CC(NC(=O)c1cnc2ccccc2c1)c1ccccn1. The van der Waals surface area contributed by atoms with Gasteiger partial charge in [0.1, 0.15) is 0 Å². The topological polar surface area (TPSA) is 54.9 Å². The van der Waals surface area contributed by atoms with Crippen LogP contribution in [0.3, 0.4) is 0 Å². The minimum Gasteiger partial charge on any atom is -0.344 e. The van der Waals surface area contributed by atoms with Crippen molar-refractivity contribution >= 4 is 16.8 Å². The second-order valence-corrected chi connectivity index (χ2v) is 4.87. The molecule has 0 saturated carbocycles. The molecule has 1 aromatic carbocycles. The summed E-state index contributed by atoms with van der Waals surface area (Å²) in [4.78, 5) is 20.8. The number of para-hydroxylation sites is 1. The third kappa shape index (κ3) is 2.89. The number of carbonyl (C=O) groups is 1. The molecular formula is C17H15N3O. The van der Waals surface area contributed by atoms with Gasteiger partial charge >= 0.3 is 0 Å². The molecule has 1 N–H and O–H groups in total. The zero-order chi connectivity index (χ0) is 14.7. The number of benzene rings is 1. The molecule has 0 aliphatic heterocycles. The maximum Gasteiger partial charge on any atom is 0.253 e. The number of hydrogen-bond donors (Lipinski definition) is 1. The van der Waals surface area contributed by atoms with Crippen molar-refractivity contribution in [2.45, 2.75) is 13.0 Å². The molecule has 0 saturated heterocycles. The van der Waals surface area contributed by atoms with E-state index in [4.69, 9.17) is 0 Å². The van der Waals surface area contributed by atoms with Crippen LogP contribution >= 0.6 is 0 Å². The summed E-state index contributed by atoms with van der Waals surface area (Å²) in [6.07, 6.45) is 3.32. The van der Waals surface area contributed by atoms with E-state index < -0.39 is 0 Å². The summed E-state index contributed by atoms with van der Waals surface area (Å²) < 4.78 is 0. The second kappa shape index (κ2) is 5.71. The zero-order valence-electron chi connectivity index (χ0n) is 11.7. The van der Waals surface area contributed by atoms with Gasteiger partial charge in [0.15, 0.2) is 0 Å². The van der Waals surface area contributed by atoms with Crippen molar-refractivity contribution in [2.24, 2.45) is 0 Å². The van der Waals surface area contributed by atoms with E-state index in [-0.39, 0.29) is 11.9 Å². The zero-order valence-corrected chi connectivity index (χ0v) is 11.7. The Hall–Kier alpha value is -2.75. The summed E-state index contributed by atoms with van der Waals surface area (Å²) >= 11 is 0. The van der Waals surface area contributed by atoms with Gasteiger partial charge in [-0.1, -0.05) is 24.3 Å². The highest BCUT2D eigenvalue weighted by Gasteiger charge is 2.12. The lowest BCUT2D eigenvalue weighted by atomic mass is 10.1. The van der Waals surface area contributed by atoms with Gasteiger partial charge in [-0.3, -0.25) is 14.8 Å². The summed E-state index contributed by atoms with van der Waals surface area (Å²) in [5.74, 6) is -0.147. The van der Waals surface area contributed by atoms with Crippen molar-refractivity contribution in [3.05, 3.63) is 72.2 Å². The van der Waals surface area contributed by atoms with Gasteiger partial charge in [0, 0.05) is 17.8 Å². The van der Waals surface area contributed by atoms with Gasteiger partial charge in [0.05, 0.1) is 22.8 Å². The van der Waals surface area contributed by atoms with E-state index in [2.05, 4.69) is 15.3 Å². The van der Waals surface area contributed by atoms with Gasteiger partial charge in [-0.25, -0.2) is 0 Å². The molecule has 21 heavy (non-hydrogen) atoms. The molecule has 2 aromatic heterocycles. The molecule has 0 fully saturated rings. The highest BCUT2D eigenvalue weighted by molar-refractivity contribution is 5.97. The Balaban J connectivity index is 1.80. The van der Waals surface area contributed by atoms with E-state index in [9.17, 15) is 4.79 Å². The Labute approximate surface area is 122 Å². The maximum atomic E-state index is 12.3. The van der Waals surface area contributed by atoms with Gasteiger partial charge in [-0.15, -0.1) is 0 Å². The van der Waals surface area contributed by atoms with Crippen LogP contribution in [0.4, 0.5) is 0 Å². The van der Waals surface area contributed by atoms with Crippen molar-refractivity contribution in [1.29, 1.82) is 0 Å². The highest BCUT2D eigenvalue weighted by Crippen LogP contribution is 2.14. The number of carbonyl (C=O) groups excluding carboxylic acids is 1. The molecule has 3 aromatic rings. The number of aromatic nitrogens is 2. The predicted molar refractivity (Wildman–Crippen MR) is 81.9 cm³/mol. The first-order valence-electron chi connectivity index (χ1n) is 6.80. The van der Waals surface area contributed by atoms with E-state index in [1.165, 1.54) is 0 Å². The van der Waals surface area contributed by atoms with E-state index in [0.717, 1.165) is 16.6 Å². The van der Waals surface area contributed by atoms with Crippen molar-refractivity contribution in [2.75, 3.05) is 0 Å². The van der Waals surface area contributed by atoms with E-state index in [0.29, 0.717) is 5.56 Å². The number of fused-ring (bicyclic) bond motifs is 1. The highest BCUT2D eigenvalue weighted by atomic mass is 16.1. The summed E-state index contributed by atoms with van der Waals surface area (Å²) in [6, 6.07) is 15.1. The molecule has 0 aliphatic rings. The first kappa shape index (κ1) is 13.2. The van der Waals surface area contributed by atoms with Crippen molar-refractivity contribution < 1.29 is 4.79 Å². The second-order valence-electron chi connectivity index (χ2n) is 4.87. The van der Waals surface area contributed by atoms with Crippen molar-refractivity contribution in [1.82, 2.24) is 15.3 Å². The van der Waals surface area contributed by atoms with Gasteiger partial charge in [0.25, 0.3) is 5.91 Å². The standard InChI is InChI=1S/C17H15N3O/c1-12(15-7-4-5-9-18-15)20-17(21)14-10-13-6-2-3-8-16(13)19-11-14/h2-12H,1H3,(H,20,21). The fourth-order valence-electron chi connectivity index (χ4n) is 2.18. The molecule has 0 aliphatic carbocycles. The van der Waals surface area contributed by atoms with Crippen LogP contribution in [0.15, 0.2) is 60.9 Å². The Kier molecular flexibility index (Phi) is 3.60. The Morgan fingerprint density at radius 2 is 1.90 bits per heavy atom. The summed E-state index contributed by atoms with van der Waals surface area (Å²) in [7, 11) is 0. The van der Waals surface area contributed by atoms with Crippen LogP contribution in [-0.4, -0.2) is 15.9 Å². The number of pyridine rings is 2. The average molecular weight is 277 g/mol. The quantitative estimate of drug-likeness (QED) is 0.800. The van der Waals surface area contributed by atoms with Gasteiger partial charge < -0.3 is 5.32 Å². The van der Waals surface area contributed by atoms with Crippen LogP contribution in [0.25, 0.3) is 10.9 Å². The molecule has 4 nitrogen and oxygen atoms in total. The van der Waals surface area contributed by atoms with Gasteiger partial charge in [-0.05, 0) is 31.2 Å². The molecule has 3 rings (SSSR count). The Morgan fingerprint density at radius 1 is 1.10 bits per heavy atom. The summed E-state index contributed by atoms with van der Waals surface area (Å²) in [5.41, 5.74) is 2.27. The smallest absolute Gasteiger partial charge is 0.253 e. The average Bonchev–Trinajstić information content (AvgIpc) is 2.55. The maximum absolute atomic E-state index is 12.3. The fourth-order valence-corrected chi connectivity index (χ4v) is 2.18. The van der Waals surface area contributed by atoms with E-state index >= 15 is 0 Å². The molecule has 104 valence electrons. The van der Waals surface area contributed by atoms with Crippen LogP contribution in [-0.2, 0) is 0 Å². The van der Waals surface area contributed by atoms with E-state index in [1.54, 1.807) is 12.4 Å². The molecule has 2 heterocycles. The van der Waals surface area contributed by atoms with Crippen LogP contribution in [0, 0.1) is 0 Å². The van der Waals surface area contributed by atoms with Gasteiger partial charge in [-0.2, -0.15) is 0 Å². The molecule has 4 heteroatoms. The first-order chi connectivity index (χ1) is 10.2. The molecule has 0 spiro atoms. The molecule has 0 bridgehead atoms. The van der Waals surface area contributed by atoms with Crippen LogP contribution in [0.5, 0.6) is 0 Å². The number of nitrogens with zero attached hydrogens (tertiary/aromatic N) is 2. The van der Waals surface area contributed by atoms with Crippen molar-refractivity contribution in [3.8, 4) is 0 Å². The predicted octanol–water partition coefficient (Wildman–Crippen LogP) is 3.12. The molecular weight excluding hydrogens is 262 g/mol. The monoisotopic (exact) mass is 277 g/mol. The number of hydrogen-bond acceptors (Lipinski definition) is 3. The molecule has 1 amide bonds. The lowest BCUT2D eigenvalue weighted by molar-refractivity contribution is 0.0939. The molecule has 1 unspecified atom stereocenters. The van der Waals surface area contributed by atoms with Crippen molar-refractivity contribution in [3.63, 3.8) is 0 Å². The number of rotatable bonds is 3. The van der Waals surface area contributed by atoms with Crippen LogP contribution in [0.2, 0.25) is 0 Å². The molecule has 0 radical (unpaired) electrons. The normalized spacial score (nSPS) is 12.0.